The van der Waals surface area contributed by atoms with E-state index in [2.05, 4.69) is 20.0 Å². The Bertz CT molecular complexity index is 642. The van der Waals surface area contributed by atoms with Gasteiger partial charge in [0.1, 0.15) is 6.33 Å². The Hall–Kier alpha value is -2.15. The van der Waals surface area contributed by atoms with Gasteiger partial charge in [-0.3, -0.25) is 4.72 Å². The molecule has 2 rings (SSSR count). The molecule has 0 saturated heterocycles. The maximum Gasteiger partial charge on any atom is 0.232 e. The van der Waals surface area contributed by atoms with Crippen molar-refractivity contribution in [3.05, 3.63) is 48.5 Å². The number of rotatable bonds is 6. The van der Waals surface area contributed by atoms with Crippen molar-refractivity contribution < 1.29 is 8.42 Å². The number of benzene rings is 1. The lowest BCUT2D eigenvalue weighted by atomic mass is 10.2. The first-order valence-corrected chi connectivity index (χ1v) is 7.82. The van der Waals surface area contributed by atoms with Gasteiger partial charge in [-0.25, -0.2) is 18.4 Å². The largest absolute Gasteiger partial charge is 0.381 e. The van der Waals surface area contributed by atoms with Gasteiger partial charge in [-0.05, 0) is 31.2 Å². The second-order valence-corrected chi connectivity index (χ2v) is 6.19. The lowest BCUT2D eigenvalue weighted by Gasteiger charge is -2.08. The molecular formula is C13H16N4O2S. The van der Waals surface area contributed by atoms with Gasteiger partial charge in [0.05, 0.1) is 5.75 Å². The highest BCUT2D eigenvalue weighted by atomic mass is 32.2. The van der Waals surface area contributed by atoms with Crippen LogP contribution in [-0.4, -0.2) is 24.1 Å². The summed E-state index contributed by atoms with van der Waals surface area (Å²) in [5.41, 5.74) is 2.43. The van der Waals surface area contributed by atoms with Crippen LogP contribution in [0, 0.1) is 0 Å². The second kappa shape index (κ2) is 6.33. The van der Waals surface area contributed by atoms with Crippen molar-refractivity contribution in [2.75, 3.05) is 15.8 Å². The summed E-state index contributed by atoms with van der Waals surface area (Å²) in [7, 11) is -3.23. The Morgan fingerprint density at radius 1 is 1.05 bits per heavy atom. The number of nitrogens with zero attached hydrogens (tertiary/aromatic N) is 2. The smallest absolute Gasteiger partial charge is 0.232 e. The summed E-state index contributed by atoms with van der Waals surface area (Å²) in [6.07, 6.45) is 4.96. The number of aromatic nitrogens is 2. The minimum Gasteiger partial charge on any atom is -0.381 e. The van der Waals surface area contributed by atoms with Gasteiger partial charge in [0, 0.05) is 35.9 Å². The first-order chi connectivity index (χ1) is 9.59. The van der Waals surface area contributed by atoms with Gasteiger partial charge >= 0.3 is 0 Å². The highest BCUT2D eigenvalue weighted by Crippen LogP contribution is 2.15. The van der Waals surface area contributed by atoms with E-state index < -0.39 is 10.0 Å². The molecule has 7 heteroatoms. The van der Waals surface area contributed by atoms with Crippen LogP contribution in [0.2, 0.25) is 0 Å². The molecule has 0 amide bonds. The van der Waals surface area contributed by atoms with E-state index in [1.54, 1.807) is 31.5 Å². The van der Waals surface area contributed by atoms with E-state index in [1.807, 2.05) is 12.1 Å². The zero-order valence-corrected chi connectivity index (χ0v) is 11.9. The maximum atomic E-state index is 11.4. The molecule has 1 aromatic heterocycles. The molecule has 0 aliphatic rings. The molecule has 0 radical (unpaired) electrons. The molecular weight excluding hydrogens is 276 g/mol. The lowest BCUT2D eigenvalue weighted by molar-refractivity contribution is 0.602. The summed E-state index contributed by atoms with van der Waals surface area (Å²) in [5, 5.41) is 3.21. The van der Waals surface area contributed by atoms with Crippen LogP contribution in [0.25, 0.3) is 0 Å². The summed E-state index contributed by atoms with van der Waals surface area (Å²) < 4.78 is 25.3. The number of hydrogen-bond acceptors (Lipinski definition) is 5. The van der Waals surface area contributed by atoms with Crippen molar-refractivity contribution in [1.82, 2.24) is 9.97 Å². The van der Waals surface area contributed by atoms with E-state index in [9.17, 15) is 8.42 Å². The van der Waals surface area contributed by atoms with Gasteiger partial charge in [-0.2, -0.15) is 0 Å². The van der Waals surface area contributed by atoms with Crippen molar-refractivity contribution in [3.8, 4) is 0 Å². The predicted molar refractivity (Wildman–Crippen MR) is 78.9 cm³/mol. The summed E-state index contributed by atoms with van der Waals surface area (Å²) in [5.74, 6) is 0.0566. The fraction of sp³-hybridized carbons (Fsp3) is 0.231. The van der Waals surface area contributed by atoms with E-state index >= 15 is 0 Å². The molecule has 0 atom stereocenters. The molecule has 1 heterocycles. The Morgan fingerprint density at radius 3 is 2.25 bits per heavy atom. The minimum atomic E-state index is -3.23. The van der Waals surface area contributed by atoms with E-state index in [0.29, 0.717) is 12.2 Å². The predicted octanol–water partition coefficient (Wildman–Crippen LogP) is 1.85. The van der Waals surface area contributed by atoms with Crippen LogP contribution in [0.3, 0.4) is 0 Å². The monoisotopic (exact) mass is 292 g/mol. The molecule has 0 saturated carbocycles. The van der Waals surface area contributed by atoms with Gasteiger partial charge in [0.2, 0.25) is 10.0 Å². The molecule has 0 unspecified atom stereocenters. The maximum absolute atomic E-state index is 11.4. The molecule has 0 spiro atoms. The van der Waals surface area contributed by atoms with Gasteiger partial charge in [0.25, 0.3) is 0 Å². The van der Waals surface area contributed by atoms with Gasteiger partial charge in [-0.1, -0.05) is 0 Å². The molecule has 6 nitrogen and oxygen atoms in total. The average molecular weight is 292 g/mol. The lowest BCUT2D eigenvalue weighted by Crippen LogP contribution is -2.14. The Labute approximate surface area is 118 Å². The molecule has 1 aromatic carbocycles. The Morgan fingerprint density at radius 2 is 1.65 bits per heavy atom. The SMILES string of the molecule is CCS(=O)(=O)Nc1ccc(NCc2cncnc2)cc1. The van der Waals surface area contributed by atoms with Crippen LogP contribution < -0.4 is 10.0 Å². The van der Waals surface area contributed by atoms with Gasteiger partial charge in [-0.15, -0.1) is 0 Å². The van der Waals surface area contributed by atoms with Crippen molar-refractivity contribution in [2.45, 2.75) is 13.5 Å². The Balaban J connectivity index is 1.95. The first kappa shape index (κ1) is 14.3. The highest BCUT2D eigenvalue weighted by molar-refractivity contribution is 7.92. The third kappa shape index (κ3) is 4.20. The van der Waals surface area contributed by atoms with Crippen LogP contribution >= 0.6 is 0 Å². The van der Waals surface area contributed by atoms with Gasteiger partial charge in [0.15, 0.2) is 0 Å². The summed E-state index contributed by atoms with van der Waals surface area (Å²) >= 11 is 0. The average Bonchev–Trinajstić information content (AvgIpc) is 2.47. The molecule has 0 aliphatic carbocycles. The van der Waals surface area contributed by atoms with Crippen LogP contribution in [0.5, 0.6) is 0 Å². The minimum absolute atomic E-state index is 0.0566. The number of sulfonamides is 1. The molecule has 20 heavy (non-hydrogen) atoms. The third-order valence-corrected chi connectivity index (χ3v) is 3.96. The van der Waals surface area contributed by atoms with Crippen LogP contribution in [0.4, 0.5) is 11.4 Å². The highest BCUT2D eigenvalue weighted by Gasteiger charge is 2.06. The topological polar surface area (TPSA) is 84.0 Å². The zero-order valence-electron chi connectivity index (χ0n) is 11.1. The van der Waals surface area contributed by atoms with Crippen molar-refractivity contribution in [3.63, 3.8) is 0 Å². The van der Waals surface area contributed by atoms with E-state index in [0.717, 1.165) is 11.3 Å². The van der Waals surface area contributed by atoms with Gasteiger partial charge < -0.3 is 5.32 Å². The fourth-order valence-corrected chi connectivity index (χ4v) is 2.17. The third-order valence-electron chi connectivity index (χ3n) is 2.65. The number of hydrogen-bond donors (Lipinski definition) is 2. The normalized spacial score (nSPS) is 11.1. The van der Waals surface area contributed by atoms with E-state index in [4.69, 9.17) is 0 Å². The zero-order chi connectivity index (χ0) is 14.4. The van der Waals surface area contributed by atoms with E-state index in [1.165, 1.54) is 6.33 Å². The molecule has 0 bridgehead atoms. The van der Waals surface area contributed by atoms with Crippen LogP contribution in [0.1, 0.15) is 12.5 Å². The fourth-order valence-electron chi connectivity index (χ4n) is 1.53. The van der Waals surface area contributed by atoms with Crippen LogP contribution in [-0.2, 0) is 16.6 Å². The molecule has 106 valence electrons. The molecule has 0 aliphatic heterocycles. The summed E-state index contributed by atoms with van der Waals surface area (Å²) in [4.78, 5) is 7.87. The summed E-state index contributed by atoms with van der Waals surface area (Å²) in [6, 6.07) is 7.07. The first-order valence-electron chi connectivity index (χ1n) is 6.17. The standard InChI is InChI=1S/C13H16N4O2S/c1-2-20(18,19)17-13-5-3-12(4-6-13)16-9-11-7-14-10-15-8-11/h3-8,10,16-17H,2,9H2,1H3. The molecule has 0 fully saturated rings. The number of anilines is 2. The second-order valence-electron chi connectivity index (χ2n) is 4.18. The summed E-state index contributed by atoms with van der Waals surface area (Å²) in [6.45, 7) is 2.21. The van der Waals surface area contributed by atoms with E-state index in [-0.39, 0.29) is 5.75 Å². The quantitative estimate of drug-likeness (QED) is 0.849. The van der Waals surface area contributed by atoms with Crippen LogP contribution in [0.15, 0.2) is 43.0 Å². The molecule has 2 N–H and O–H groups in total. The molecule has 2 aromatic rings. The van der Waals surface area contributed by atoms with Crippen molar-refractivity contribution >= 4 is 21.4 Å². The van der Waals surface area contributed by atoms with Crippen molar-refractivity contribution in [1.29, 1.82) is 0 Å². The van der Waals surface area contributed by atoms with Crippen molar-refractivity contribution in [2.24, 2.45) is 0 Å². The number of nitrogens with one attached hydrogen (secondary N) is 2. The Kier molecular flexibility index (Phi) is 4.52.